The van der Waals surface area contributed by atoms with Gasteiger partial charge in [-0.25, -0.2) is 0 Å². The van der Waals surface area contributed by atoms with Gasteiger partial charge in [0.2, 0.25) is 11.8 Å². The fraction of sp³-hybridized carbons (Fsp3) is 0.286. The fourth-order valence-electron chi connectivity index (χ4n) is 3.69. The Labute approximate surface area is 211 Å². The van der Waals surface area contributed by atoms with Crippen molar-refractivity contribution >= 4 is 35.0 Å². The van der Waals surface area contributed by atoms with E-state index in [0.717, 1.165) is 23.1 Å². The summed E-state index contributed by atoms with van der Waals surface area (Å²) in [4.78, 5) is 28.8. The number of rotatable bonds is 10. The highest BCUT2D eigenvalue weighted by Crippen LogP contribution is 2.21. The van der Waals surface area contributed by atoms with Crippen LogP contribution in [-0.2, 0) is 29.0 Å². The second kappa shape index (κ2) is 12.6. The number of benzene rings is 3. The molecule has 0 fully saturated rings. The van der Waals surface area contributed by atoms with Gasteiger partial charge in [-0.1, -0.05) is 90.8 Å². The minimum atomic E-state index is -0.679. The number of carbonyl (C=O) groups is 2. The highest BCUT2D eigenvalue weighted by Gasteiger charge is 2.31. The van der Waals surface area contributed by atoms with Gasteiger partial charge in [-0.3, -0.25) is 9.59 Å². The van der Waals surface area contributed by atoms with Crippen LogP contribution in [0, 0.1) is 0 Å². The lowest BCUT2D eigenvalue weighted by molar-refractivity contribution is -0.141. The number of carbonyl (C=O) groups excluding carboxylic acids is 2. The molecule has 0 saturated heterocycles. The molecule has 1 N–H and O–H groups in total. The first-order valence-electron chi connectivity index (χ1n) is 11.5. The SMILES string of the molecule is CC[C@@H](C)NC(=O)[C@H](Cc1ccccc1)N(Cc1ccc(Cl)cc1)C(=O)Cc1ccccc1Cl. The number of hydrogen-bond donors (Lipinski definition) is 1. The van der Waals surface area contributed by atoms with Crippen molar-refractivity contribution in [1.82, 2.24) is 10.2 Å². The van der Waals surface area contributed by atoms with Crippen LogP contribution in [0.4, 0.5) is 0 Å². The molecule has 0 bridgehead atoms. The van der Waals surface area contributed by atoms with Gasteiger partial charge in [0, 0.05) is 29.1 Å². The molecule has 178 valence electrons. The van der Waals surface area contributed by atoms with Crippen molar-refractivity contribution in [2.45, 2.75) is 51.7 Å². The van der Waals surface area contributed by atoms with Crippen LogP contribution in [0.1, 0.15) is 37.0 Å². The molecule has 0 aliphatic heterocycles. The maximum atomic E-state index is 13.7. The average Bonchev–Trinajstić information content (AvgIpc) is 2.84. The van der Waals surface area contributed by atoms with Crippen LogP contribution in [0.25, 0.3) is 0 Å². The summed E-state index contributed by atoms with van der Waals surface area (Å²) in [7, 11) is 0. The monoisotopic (exact) mass is 496 g/mol. The van der Waals surface area contributed by atoms with E-state index in [9.17, 15) is 9.59 Å². The molecule has 0 aliphatic carbocycles. The molecule has 0 radical (unpaired) electrons. The molecule has 0 spiro atoms. The van der Waals surface area contributed by atoms with Gasteiger partial charge in [0.1, 0.15) is 6.04 Å². The summed E-state index contributed by atoms with van der Waals surface area (Å²) >= 11 is 12.4. The second-order valence-electron chi connectivity index (χ2n) is 8.44. The lowest BCUT2D eigenvalue weighted by Gasteiger charge is -2.32. The molecule has 4 nitrogen and oxygen atoms in total. The van der Waals surface area contributed by atoms with Crippen LogP contribution in [0.15, 0.2) is 78.9 Å². The molecular formula is C28H30Cl2N2O2. The molecule has 2 amide bonds. The maximum Gasteiger partial charge on any atom is 0.243 e. The van der Waals surface area contributed by atoms with Crippen molar-refractivity contribution in [3.63, 3.8) is 0 Å². The Morgan fingerprint density at radius 1 is 0.882 bits per heavy atom. The Balaban J connectivity index is 1.97. The molecule has 3 rings (SSSR count). The number of nitrogens with zero attached hydrogens (tertiary/aromatic N) is 1. The summed E-state index contributed by atoms with van der Waals surface area (Å²) in [6.07, 6.45) is 1.31. The van der Waals surface area contributed by atoms with E-state index in [1.807, 2.05) is 74.5 Å². The van der Waals surface area contributed by atoms with E-state index < -0.39 is 6.04 Å². The number of halogens is 2. The van der Waals surface area contributed by atoms with Crippen LogP contribution < -0.4 is 5.32 Å². The van der Waals surface area contributed by atoms with E-state index in [4.69, 9.17) is 23.2 Å². The third kappa shape index (κ3) is 7.34. The Kier molecular flexibility index (Phi) is 9.55. The first-order chi connectivity index (χ1) is 16.4. The van der Waals surface area contributed by atoms with Crippen molar-refractivity contribution in [2.24, 2.45) is 0 Å². The first-order valence-corrected chi connectivity index (χ1v) is 12.2. The van der Waals surface area contributed by atoms with Gasteiger partial charge in [-0.15, -0.1) is 0 Å². The van der Waals surface area contributed by atoms with Gasteiger partial charge in [0.15, 0.2) is 0 Å². The van der Waals surface area contributed by atoms with Crippen molar-refractivity contribution in [2.75, 3.05) is 0 Å². The van der Waals surface area contributed by atoms with Crippen molar-refractivity contribution < 1.29 is 9.59 Å². The third-order valence-electron chi connectivity index (χ3n) is 5.84. The Hall–Kier alpha value is -2.82. The summed E-state index contributed by atoms with van der Waals surface area (Å²) < 4.78 is 0. The Morgan fingerprint density at radius 3 is 2.18 bits per heavy atom. The van der Waals surface area contributed by atoms with Gasteiger partial charge in [0.25, 0.3) is 0 Å². The molecule has 3 aromatic rings. The van der Waals surface area contributed by atoms with Crippen LogP contribution in [0.2, 0.25) is 10.0 Å². The molecule has 0 heterocycles. The Morgan fingerprint density at radius 2 is 1.53 bits per heavy atom. The molecule has 6 heteroatoms. The van der Waals surface area contributed by atoms with Crippen molar-refractivity contribution in [1.29, 1.82) is 0 Å². The summed E-state index contributed by atoms with van der Waals surface area (Å²) in [5.41, 5.74) is 2.61. The first kappa shape index (κ1) is 25.8. The molecule has 2 atom stereocenters. The average molecular weight is 497 g/mol. The van der Waals surface area contributed by atoms with Crippen LogP contribution in [0.3, 0.4) is 0 Å². The highest BCUT2D eigenvalue weighted by molar-refractivity contribution is 6.31. The molecule has 0 unspecified atom stereocenters. The van der Waals surface area contributed by atoms with Crippen molar-refractivity contribution in [3.8, 4) is 0 Å². The molecule has 3 aromatic carbocycles. The number of nitrogens with one attached hydrogen (secondary N) is 1. The standard InChI is InChI=1S/C28H30Cl2N2O2/c1-3-20(2)31-28(34)26(17-21-9-5-4-6-10-21)32(19-22-13-15-24(29)16-14-22)27(33)18-23-11-7-8-12-25(23)30/h4-16,20,26H,3,17-19H2,1-2H3,(H,31,34)/t20-,26+/m1/s1. The van der Waals surface area contributed by atoms with Crippen molar-refractivity contribution in [3.05, 3.63) is 106 Å². The van der Waals surface area contributed by atoms with E-state index in [1.165, 1.54) is 0 Å². The fourth-order valence-corrected chi connectivity index (χ4v) is 4.02. The van der Waals surface area contributed by atoms with E-state index in [0.29, 0.717) is 16.5 Å². The minimum absolute atomic E-state index is 0.00169. The van der Waals surface area contributed by atoms with Crippen LogP contribution >= 0.6 is 23.2 Å². The van der Waals surface area contributed by atoms with Gasteiger partial charge in [0.05, 0.1) is 6.42 Å². The molecule has 0 saturated carbocycles. The normalized spacial score (nSPS) is 12.6. The number of amides is 2. The van der Waals surface area contributed by atoms with Gasteiger partial charge < -0.3 is 10.2 Å². The zero-order valence-electron chi connectivity index (χ0n) is 19.5. The van der Waals surface area contributed by atoms with Crippen LogP contribution in [0.5, 0.6) is 0 Å². The summed E-state index contributed by atoms with van der Waals surface area (Å²) in [6.45, 7) is 4.27. The topological polar surface area (TPSA) is 49.4 Å². The van der Waals surface area contributed by atoms with Gasteiger partial charge in [-0.2, -0.15) is 0 Å². The van der Waals surface area contributed by atoms with E-state index >= 15 is 0 Å². The highest BCUT2D eigenvalue weighted by atomic mass is 35.5. The number of hydrogen-bond acceptors (Lipinski definition) is 2. The predicted molar refractivity (Wildman–Crippen MR) is 139 cm³/mol. The third-order valence-corrected chi connectivity index (χ3v) is 6.46. The van der Waals surface area contributed by atoms with Crippen LogP contribution in [-0.4, -0.2) is 28.8 Å². The lowest BCUT2D eigenvalue weighted by Crippen LogP contribution is -2.52. The molecule has 34 heavy (non-hydrogen) atoms. The predicted octanol–water partition coefficient (Wildman–Crippen LogP) is 6.09. The second-order valence-corrected chi connectivity index (χ2v) is 9.28. The minimum Gasteiger partial charge on any atom is -0.352 e. The van der Waals surface area contributed by atoms with Gasteiger partial charge >= 0.3 is 0 Å². The molecule has 0 aliphatic rings. The maximum absolute atomic E-state index is 13.7. The largest absolute Gasteiger partial charge is 0.352 e. The van der Waals surface area contributed by atoms with E-state index in [-0.39, 0.29) is 30.8 Å². The zero-order chi connectivity index (χ0) is 24.5. The smallest absolute Gasteiger partial charge is 0.243 e. The quantitative estimate of drug-likeness (QED) is 0.369. The van der Waals surface area contributed by atoms with E-state index in [2.05, 4.69) is 5.32 Å². The summed E-state index contributed by atoms with van der Waals surface area (Å²) in [5, 5.41) is 4.23. The van der Waals surface area contributed by atoms with E-state index in [1.54, 1.807) is 23.1 Å². The Bertz CT molecular complexity index is 1090. The van der Waals surface area contributed by atoms with Gasteiger partial charge in [-0.05, 0) is 48.2 Å². The molecular weight excluding hydrogens is 467 g/mol. The zero-order valence-corrected chi connectivity index (χ0v) is 21.0. The molecule has 0 aromatic heterocycles. The summed E-state index contributed by atoms with van der Waals surface area (Å²) in [5.74, 6) is -0.331. The summed E-state index contributed by atoms with van der Waals surface area (Å²) in [6, 6.07) is 23.7. The lowest BCUT2D eigenvalue weighted by atomic mass is 10.0.